The fraction of sp³-hybridized carbons (Fsp3) is 0.588. The number of rotatable bonds is 2. The van der Waals surface area contributed by atoms with Crippen molar-refractivity contribution in [3.8, 4) is 0 Å². The lowest BCUT2D eigenvalue weighted by molar-refractivity contribution is 0.141. The number of piperidine rings is 2. The molecule has 128 valence electrons. The predicted octanol–water partition coefficient (Wildman–Crippen LogP) is 1.48. The Kier molecular flexibility index (Phi) is 4.10. The van der Waals surface area contributed by atoms with Crippen LogP contribution in [-0.2, 0) is 0 Å². The average Bonchev–Trinajstić information content (AvgIpc) is 2.66. The zero-order valence-corrected chi connectivity index (χ0v) is 13.8. The van der Waals surface area contributed by atoms with Crippen LogP contribution >= 0.6 is 0 Å². The smallest absolute Gasteiger partial charge is 0.384 e. The number of pyridine rings is 1. The molecule has 0 aliphatic carbocycles. The van der Waals surface area contributed by atoms with E-state index in [0.717, 1.165) is 31.3 Å². The molecule has 0 saturated carbocycles. The van der Waals surface area contributed by atoms with Crippen molar-refractivity contribution in [2.24, 2.45) is 0 Å². The maximum Gasteiger partial charge on any atom is 0.384 e. The van der Waals surface area contributed by atoms with E-state index in [9.17, 15) is 10.0 Å². The molecule has 1 N–H and O–H groups in total. The summed E-state index contributed by atoms with van der Waals surface area (Å²) in [7, 11) is 0. The van der Waals surface area contributed by atoms with Gasteiger partial charge in [0.1, 0.15) is 5.82 Å². The van der Waals surface area contributed by atoms with Gasteiger partial charge in [0, 0.05) is 25.3 Å². The minimum absolute atomic E-state index is 0.269. The van der Waals surface area contributed by atoms with Crippen molar-refractivity contribution in [2.45, 2.75) is 38.1 Å². The van der Waals surface area contributed by atoms with E-state index in [1.807, 2.05) is 6.07 Å². The molecular weight excluding hydrogens is 306 g/mol. The summed E-state index contributed by atoms with van der Waals surface area (Å²) < 4.78 is 0.527. The maximum absolute atomic E-state index is 11.9. The van der Waals surface area contributed by atoms with E-state index < -0.39 is 5.69 Å². The molecule has 7 nitrogen and oxygen atoms in total. The Morgan fingerprint density at radius 2 is 1.83 bits per heavy atom. The molecule has 0 bridgehead atoms. The first-order chi connectivity index (χ1) is 11.7. The second-order valence-electron chi connectivity index (χ2n) is 6.72. The van der Waals surface area contributed by atoms with Crippen LogP contribution in [0.25, 0.3) is 11.0 Å². The normalized spacial score (nSPS) is 20.6. The van der Waals surface area contributed by atoms with Gasteiger partial charge in [-0.2, -0.15) is 4.98 Å². The molecule has 0 atom stereocenters. The summed E-state index contributed by atoms with van der Waals surface area (Å²) in [5, 5.41) is 10.6. The van der Waals surface area contributed by atoms with Crippen LogP contribution in [0.1, 0.15) is 32.1 Å². The van der Waals surface area contributed by atoms with Gasteiger partial charge in [0.2, 0.25) is 0 Å². The first-order valence-corrected chi connectivity index (χ1v) is 8.80. The van der Waals surface area contributed by atoms with Crippen LogP contribution in [-0.4, -0.2) is 57.0 Å². The van der Waals surface area contributed by atoms with Gasteiger partial charge in [-0.25, -0.2) is 9.78 Å². The number of anilines is 1. The molecule has 7 heteroatoms. The number of fused-ring (bicyclic) bond motifs is 1. The van der Waals surface area contributed by atoms with Crippen LogP contribution < -0.4 is 10.6 Å². The Hall–Kier alpha value is -2.15. The molecule has 0 spiro atoms. The molecule has 0 amide bonds. The van der Waals surface area contributed by atoms with Crippen LogP contribution in [0.2, 0.25) is 0 Å². The van der Waals surface area contributed by atoms with Gasteiger partial charge in [0.15, 0.2) is 5.65 Å². The molecule has 0 aromatic carbocycles. The standard InChI is InChI=1S/C17H23N5O2/c23-17-19-16(14-5-4-8-18-15(14)22(17)24)21-11-6-13(7-12-21)20-9-2-1-3-10-20/h4-5,8,13,24H,1-3,6-7,9-12H2. The van der Waals surface area contributed by atoms with Gasteiger partial charge in [0.25, 0.3) is 0 Å². The van der Waals surface area contributed by atoms with E-state index >= 15 is 0 Å². The second kappa shape index (κ2) is 6.39. The van der Waals surface area contributed by atoms with Crippen LogP contribution in [0.4, 0.5) is 5.82 Å². The van der Waals surface area contributed by atoms with Crippen LogP contribution in [0.5, 0.6) is 0 Å². The molecule has 2 aliphatic rings. The van der Waals surface area contributed by atoms with Crippen molar-refractivity contribution in [2.75, 3.05) is 31.1 Å². The van der Waals surface area contributed by atoms with E-state index in [1.54, 1.807) is 12.3 Å². The minimum Gasteiger partial charge on any atom is -0.422 e. The van der Waals surface area contributed by atoms with Crippen molar-refractivity contribution in [1.29, 1.82) is 0 Å². The van der Waals surface area contributed by atoms with Crippen molar-refractivity contribution in [3.63, 3.8) is 0 Å². The van der Waals surface area contributed by atoms with Gasteiger partial charge >= 0.3 is 5.69 Å². The molecule has 2 saturated heterocycles. The molecule has 0 radical (unpaired) electrons. The summed E-state index contributed by atoms with van der Waals surface area (Å²) in [6, 6.07) is 4.30. The van der Waals surface area contributed by atoms with Crippen molar-refractivity contribution >= 4 is 16.9 Å². The molecule has 2 fully saturated rings. The lowest BCUT2D eigenvalue weighted by Crippen LogP contribution is -2.47. The third-order valence-electron chi connectivity index (χ3n) is 5.28. The number of hydrogen-bond donors (Lipinski definition) is 1. The highest BCUT2D eigenvalue weighted by atomic mass is 16.5. The minimum atomic E-state index is -0.672. The Bertz CT molecular complexity index is 776. The topological polar surface area (TPSA) is 74.5 Å². The molecule has 2 aromatic heterocycles. The number of likely N-dealkylation sites (tertiary alicyclic amines) is 1. The van der Waals surface area contributed by atoms with Gasteiger partial charge in [-0.05, 0) is 50.9 Å². The quantitative estimate of drug-likeness (QED) is 0.841. The Labute approximate surface area is 140 Å². The second-order valence-corrected chi connectivity index (χ2v) is 6.72. The zero-order chi connectivity index (χ0) is 16.5. The van der Waals surface area contributed by atoms with Gasteiger partial charge in [0.05, 0.1) is 5.39 Å². The Morgan fingerprint density at radius 3 is 2.58 bits per heavy atom. The molecular formula is C17H23N5O2. The predicted molar refractivity (Wildman–Crippen MR) is 91.6 cm³/mol. The Morgan fingerprint density at radius 1 is 1.08 bits per heavy atom. The highest BCUT2D eigenvalue weighted by Crippen LogP contribution is 2.27. The lowest BCUT2D eigenvalue weighted by Gasteiger charge is -2.40. The third kappa shape index (κ3) is 2.73. The molecule has 0 unspecified atom stereocenters. The number of aromatic nitrogens is 3. The van der Waals surface area contributed by atoms with Crippen molar-refractivity contribution in [3.05, 3.63) is 28.8 Å². The van der Waals surface area contributed by atoms with Crippen LogP contribution in [0.3, 0.4) is 0 Å². The summed E-state index contributed by atoms with van der Waals surface area (Å²) >= 11 is 0. The number of hydrogen-bond acceptors (Lipinski definition) is 6. The summed E-state index contributed by atoms with van der Waals surface area (Å²) in [4.78, 5) is 24.9. The fourth-order valence-corrected chi connectivity index (χ4v) is 4.00. The van der Waals surface area contributed by atoms with Crippen LogP contribution in [0, 0.1) is 0 Å². The third-order valence-corrected chi connectivity index (χ3v) is 5.28. The highest BCUT2D eigenvalue weighted by Gasteiger charge is 2.27. The SMILES string of the molecule is O=c1nc(N2CCC(N3CCCCC3)CC2)c2cccnc2n1O. The average molecular weight is 329 g/mol. The van der Waals surface area contributed by atoms with Crippen LogP contribution in [0.15, 0.2) is 23.1 Å². The molecule has 24 heavy (non-hydrogen) atoms. The van der Waals surface area contributed by atoms with Gasteiger partial charge < -0.3 is 15.0 Å². The Balaban J connectivity index is 1.56. The van der Waals surface area contributed by atoms with E-state index in [1.165, 1.54) is 32.4 Å². The summed E-state index contributed by atoms with van der Waals surface area (Å²) in [6.07, 6.45) is 7.73. The first-order valence-electron chi connectivity index (χ1n) is 8.80. The van der Waals surface area contributed by atoms with E-state index in [4.69, 9.17) is 0 Å². The fourth-order valence-electron chi connectivity index (χ4n) is 4.00. The van der Waals surface area contributed by atoms with E-state index in [2.05, 4.69) is 19.8 Å². The van der Waals surface area contributed by atoms with Gasteiger partial charge in [-0.1, -0.05) is 6.42 Å². The van der Waals surface area contributed by atoms with Crippen molar-refractivity contribution in [1.82, 2.24) is 19.6 Å². The zero-order valence-electron chi connectivity index (χ0n) is 13.8. The molecule has 2 aliphatic heterocycles. The monoisotopic (exact) mass is 329 g/mol. The summed E-state index contributed by atoms with van der Waals surface area (Å²) in [5.41, 5.74) is -0.403. The highest BCUT2D eigenvalue weighted by molar-refractivity contribution is 5.86. The summed E-state index contributed by atoms with van der Waals surface area (Å²) in [5.74, 6) is 0.644. The lowest BCUT2D eigenvalue weighted by atomic mass is 10.00. The molecule has 4 heterocycles. The van der Waals surface area contributed by atoms with E-state index in [0.29, 0.717) is 16.6 Å². The molecule has 2 aromatic rings. The van der Waals surface area contributed by atoms with Crippen molar-refractivity contribution < 1.29 is 5.21 Å². The summed E-state index contributed by atoms with van der Waals surface area (Å²) in [6.45, 7) is 4.20. The first kappa shape index (κ1) is 15.4. The largest absolute Gasteiger partial charge is 0.422 e. The number of nitrogens with zero attached hydrogens (tertiary/aromatic N) is 5. The maximum atomic E-state index is 11.9. The van der Waals surface area contributed by atoms with Gasteiger partial charge in [-0.3, -0.25) is 0 Å². The molecule has 4 rings (SSSR count). The van der Waals surface area contributed by atoms with E-state index in [-0.39, 0.29) is 5.65 Å². The van der Waals surface area contributed by atoms with Gasteiger partial charge in [-0.15, -0.1) is 4.73 Å².